The highest BCUT2D eigenvalue weighted by Gasteiger charge is 2.22. The van der Waals surface area contributed by atoms with Gasteiger partial charge in [-0.15, -0.1) is 0 Å². The lowest BCUT2D eigenvalue weighted by molar-refractivity contribution is 0.669. The predicted molar refractivity (Wildman–Crippen MR) is 254 cm³/mol. The molecule has 288 valence electrons. The summed E-state index contributed by atoms with van der Waals surface area (Å²) in [5.41, 5.74) is 13.9. The fourth-order valence-electron chi connectivity index (χ4n) is 9.89. The average Bonchev–Trinajstić information content (AvgIpc) is 4.07. The highest BCUT2D eigenvalue weighted by molar-refractivity contribution is 6.20. The van der Waals surface area contributed by atoms with Crippen LogP contribution >= 0.6 is 0 Å². The van der Waals surface area contributed by atoms with E-state index in [0.29, 0.717) is 5.95 Å². The summed E-state index contributed by atoms with van der Waals surface area (Å²) < 4.78 is 17.5. The van der Waals surface area contributed by atoms with Crippen molar-refractivity contribution in [2.45, 2.75) is 0 Å². The first-order valence-electron chi connectivity index (χ1n) is 20.9. The van der Waals surface area contributed by atoms with Gasteiger partial charge in [0, 0.05) is 71.9 Å². The molecule has 0 saturated carbocycles. The van der Waals surface area contributed by atoms with Crippen LogP contribution in [0, 0.1) is 0 Å². The minimum atomic E-state index is 0.610. The Kier molecular flexibility index (Phi) is 6.74. The van der Waals surface area contributed by atoms with Crippen molar-refractivity contribution in [3.8, 4) is 34.0 Å². The molecule has 14 aromatic rings. The van der Waals surface area contributed by atoms with Crippen LogP contribution in [0.4, 0.5) is 0 Å². The third kappa shape index (κ3) is 4.74. The number of benzene rings is 9. The third-order valence-corrected chi connectivity index (χ3v) is 12.7. The van der Waals surface area contributed by atoms with Crippen LogP contribution < -0.4 is 0 Å². The Morgan fingerprint density at radius 3 is 1.44 bits per heavy atom. The van der Waals surface area contributed by atoms with E-state index < -0.39 is 0 Å². The summed E-state index contributed by atoms with van der Waals surface area (Å²) in [5, 5.41) is 10.00. The topological polar surface area (TPSA) is 61.9 Å². The zero-order valence-electron chi connectivity index (χ0n) is 33.1. The second-order valence-electron chi connectivity index (χ2n) is 16.2. The largest absolute Gasteiger partial charge is 0.456 e. The predicted octanol–water partition coefficient (Wildman–Crippen LogP) is 15.0. The van der Waals surface area contributed by atoms with Crippen molar-refractivity contribution in [1.29, 1.82) is 0 Å². The second kappa shape index (κ2) is 12.5. The molecule has 6 nitrogen and oxygen atoms in total. The first kappa shape index (κ1) is 33.4. The quantitative estimate of drug-likeness (QED) is 0.178. The smallest absolute Gasteiger partial charge is 0.235 e. The Morgan fingerprint density at radius 1 is 0.306 bits per heavy atom. The van der Waals surface area contributed by atoms with Crippen LogP contribution in [0.2, 0.25) is 0 Å². The number of hydrogen-bond acceptors (Lipinski definition) is 4. The Balaban J connectivity index is 1.04. The molecule has 0 radical (unpaired) electrons. The molecule has 6 heteroatoms. The Labute approximate surface area is 353 Å². The standard InChI is InChI=1S/C56H32N4O2/c1-3-13-33(14-4-1)55-39-19-7-10-20-46(39)57-56(58-55)60-48-26-24-35(28-41(48)43-30-45-38-18-9-12-22-52(38)62-54(45)32-50(43)60)34-23-25-47-40(27-34)42-29-44-37-17-8-11-21-51(37)61-53(44)31-49(42)59(47)36-15-5-2-6-16-36/h1-32H. The van der Waals surface area contributed by atoms with E-state index in [-0.39, 0.29) is 0 Å². The number of nitrogens with zero attached hydrogens (tertiary/aromatic N) is 4. The van der Waals surface area contributed by atoms with Gasteiger partial charge in [-0.3, -0.25) is 4.57 Å². The fourth-order valence-corrected chi connectivity index (χ4v) is 9.89. The van der Waals surface area contributed by atoms with Crippen LogP contribution in [0.3, 0.4) is 0 Å². The van der Waals surface area contributed by atoms with E-state index in [1.54, 1.807) is 0 Å². The van der Waals surface area contributed by atoms with Crippen LogP contribution in [0.25, 0.3) is 132 Å². The number of furan rings is 2. The maximum Gasteiger partial charge on any atom is 0.235 e. The summed E-state index contributed by atoms with van der Waals surface area (Å²) in [6.45, 7) is 0. The van der Waals surface area contributed by atoms with Gasteiger partial charge < -0.3 is 13.4 Å². The summed E-state index contributed by atoms with van der Waals surface area (Å²) in [6, 6.07) is 68.4. The van der Waals surface area contributed by atoms with Crippen LogP contribution in [0.5, 0.6) is 0 Å². The minimum absolute atomic E-state index is 0.610. The molecule has 0 fully saturated rings. The van der Waals surface area contributed by atoms with Crippen molar-refractivity contribution in [3.63, 3.8) is 0 Å². The molecular weight excluding hydrogens is 761 g/mol. The van der Waals surface area contributed by atoms with E-state index in [2.05, 4.69) is 167 Å². The molecule has 0 N–H and O–H groups in total. The Bertz CT molecular complexity index is 4150. The number of aromatic nitrogens is 4. The summed E-state index contributed by atoms with van der Waals surface area (Å²) in [4.78, 5) is 10.6. The zero-order chi connectivity index (χ0) is 40.5. The molecule has 9 aromatic carbocycles. The van der Waals surface area contributed by atoms with Crippen LogP contribution in [0.15, 0.2) is 203 Å². The number of fused-ring (bicyclic) bond motifs is 13. The van der Waals surface area contributed by atoms with Gasteiger partial charge in [0.2, 0.25) is 5.95 Å². The normalized spacial score (nSPS) is 12.2. The van der Waals surface area contributed by atoms with Crippen molar-refractivity contribution in [2.24, 2.45) is 0 Å². The lowest BCUT2D eigenvalue weighted by atomic mass is 10.00. The molecule has 5 aromatic heterocycles. The molecule has 62 heavy (non-hydrogen) atoms. The van der Waals surface area contributed by atoms with Crippen LogP contribution in [-0.2, 0) is 0 Å². The number of rotatable bonds is 4. The van der Waals surface area contributed by atoms with Crippen molar-refractivity contribution >= 4 is 98.4 Å². The summed E-state index contributed by atoms with van der Waals surface area (Å²) in [7, 11) is 0. The van der Waals surface area contributed by atoms with Gasteiger partial charge in [0.15, 0.2) is 0 Å². The third-order valence-electron chi connectivity index (χ3n) is 12.7. The maximum atomic E-state index is 6.50. The highest BCUT2D eigenvalue weighted by Crippen LogP contribution is 2.43. The molecule has 14 rings (SSSR count). The van der Waals surface area contributed by atoms with Crippen molar-refractivity contribution in [3.05, 3.63) is 194 Å². The lowest BCUT2D eigenvalue weighted by Crippen LogP contribution is -2.03. The fraction of sp³-hybridized carbons (Fsp3) is 0. The van der Waals surface area contributed by atoms with Crippen molar-refractivity contribution in [2.75, 3.05) is 0 Å². The van der Waals surface area contributed by atoms with Crippen LogP contribution in [-0.4, -0.2) is 19.1 Å². The molecule has 0 unspecified atom stereocenters. The first-order chi connectivity index (χ1) is 30.7. The van der Waals surface area contributed by atoms with E-state index in [4.69, 9.17) is 18.8 Å². The van der Waals surface area contributed by atoms with Gasteiger partial charge in [-0.25, -0.2) is 9.97 Å². The molecule has 0 aliphatic carbocycles. The van der Waals surface area contributed by atoms with Gasteiger partial charge in [-0.1, -0.05) is 115 Å². The monoisotopic (exact) mass is 792 g/mol. The minimum Gasteiger partial charge on any atom is -0.456 e. The molecule has 0 bridgehead atoms. The second-order valence-corrected chi connectivity index (χ2v) is 16.2. The van der Waals surface area contributed by atoms with Gasteiger partial charge in [0.05, 0.1) is 33.3 Å². The van der Waals surface area contributed by atoms with E-state index in [9.17, 15) is 0 Å². The van der Waals surface area contributed by atoms with E-state index in [1.807, 2.05) is 36.4 Å². The Morgan fingerprint density at radius 2 is 0.806 bits per heavy atom. The molecule has 0 atom stereocenters. The molecule has 0 amide bonds. The summed E-state index contributed by atoms with van der Waals surface area (Å²) in [6.07, 6.45) is 0. The van der Waals surface area contributed by atoms with Crippen molar-refractivity contribution in [1.82, 2.24) is 19.1 Å². The molecule has 0 saturated heterocycles. The highest BCUT2D eigenvalue weighted by atomic mass is 16.3. The van der Waals surface area contributed by atoms with Crippen LogP contribution in [0.1, 0.15) is 0 Å². The SMILES string of the molecule is c1ccc(-c2nc(-n3c4ccc(-c5ccc6c(c5)c5cc7c(cc5n6-c5ccccc5)oc5ccccc57)cc4c4cc5c(cc43)oc3ccccc35)nc3ccccc23)cc1. The van der Waals surface area contributed by atoms with E-state index in [0.717, 1.165) is 116 Å². The average molecular weight is 793 g/mol. The maximum absolute atomic E-state index is 6.50. The van der Waals surface area contributed by atoms with E-state index in [1.165, 1.54) is 10.8 Å². The van der Waals surface area contributed by atoms with Gasteiger partial charge in [0.25, 0.3) is 0 Å². The summed E-state index contributed by atoms with van der Waals surface area (Å²) in [5.74, 6) is 0.610. The van der Waals surface area contributed by atoms with Crippen molar-refractivity contribution < 1.29 is 8.83 Å². The van der Waals surface area contributed by atoms with Gasteiger partial charge in [0.1, 0.15) is 22.3 Å². The Hall–Kier alpha value is -8.48. The summed E-state index contributed by atoms with van der Waals surface area (Å²) >= 11 is 0. The van der Waals surface area contributed by atoms with Gasteiger partial charge >= 0.3 is 0 Å². The zero-order valence-corrected chi connectivity index (χ0v) is 33.1. The van der Waals surface area contributed by atoms with E-state index >= 15 is 0 Å². The molecular formula is C56H32N4O2. The lowest BCUT2D eigenvalue weighted by Gasteiger charge is -2.12. The van der Waals surface area contributed by atoms with Gasteiger partial charge in [-0.2, -0.15) is 0 Å². The molecule has 0 aliphatic heterocycles. The molecule has 0 spiro atoms. The molecule has 5 heterocycles. The number of hydrogen-bond donors (Lipinski definition) is 0. The molecule has 0 aliphatic rings. The van der Waals surface area contributed by atoms with Gasteiger partial charge in [-0.05, 0) is 77.9 Å². The first-order valence-corrected chi connectivity index (χ1v) is 20.9. The number of para-hydroxylation sites is 4.